The van der Waals surface area contributed by atoms with E-state index in [1.54, 1.807) is 18.2 Å². The molecule has 142 valence electrons. The minimum atomic E-state index is -0.697. The van der Waals surface area contributed by atoms with Gasteiger partial charge in [-0.1, -0.05) is 48.5 Å². The van der Waals surface area contributed by atoms with Crippen LogP contribution in [-0.2, 0) is 16.0 Å². The number of piperidine rings is 1. The van der Waals surface area contributed by atoms with Crippen LogP contribution in [0.4, 0.5) is 4.39 Å². The van der Waals surface area contributed by atoms with Gasteiger partial charge in [0.1, 0.15) is 11.9 Å². The second-order valence-electron chi connectivity index (χ2n) is 6.89. The summed E-state index contributed by atoms with van der Waals surface area (Å²) in [6.07, 6.45) is 3.56. The average Bonchev–Trinajstić information content (AvgIpc) is 2.72. The molecule has 1 unspecified atom stereocenters. The van der Waals surface area contributed by atoms with Crippen molar-refractivity contribution in [1.29, 1.82) is 0 Å². The molecule has 1 saturated heterocycles. The smallest absolute Gasteiger partial charge is 0.249 e. The Morgan fingerprint density at radius 2 is 1.63 bits per heavy atom. The van der Waals surface area contributed by atoms with Gasteiger partial charge in [0.05, 0.1) is 0 Å². The second kappa shape index (κ2) is 9.31. The predicted octanol–water partition coefficient (Wildman–Crippen LogP) is 3.63. The number of amides is 2. The fraction of sp³-hybridized carbons (Fsp3) is 0.364. The highest BCUT2D eigenvalue weighted by atomic mass is 19.1. The van der Waals surface area contributed by atoms with Crippen molar-refractivity contribution in [2.45, 2.75) is 38.1 Å². The lowest BCUT2D eigenvalue weighted by Crippen LogP contribution is -2.45. The van der Waals surface area contributed by atoms with Crippen LogP contribution in [-0.4, -0.2) is 29.8 Å². The maximum Gasteiger partial charge on any atom is 0.249 e. The number of carbonyl (C=O) groups excluding carboxylic acids is 2. The molecule has 0 radical (unpaired) electrons. The average molecular weight is 368 g/mol. The van der Waals surface area contributed by atoms with Crippen LogP contribution in [0.25, 0.3) is 0 Å². The van der Waals surface area contributed by atoms with Gasteiger partial charge in [-0.3, -0.25) is 9.59 Å². The van der Waals surface area contributed by atoms with E-state index in [0.717, 1.165) is 37.9 Å². The van der Waals surface area contributed by atoms with Crippen LogP contribution >= 0.6 is 0 Å². The summed E-state index contributed by atoms with van der Waals surface area (Å²) >= 11 is 0. The maximum atomic E-state index is 13.7. The molecule has 1 aliphatic rings. The molecule has 1 atom stereocenters. The van der Waals surface area contributed by atoms with Crippen molar-refractivity contribution in [1.82, 2.24) is 10.2 Å². The summed E-state index contributed by atoms with van der Waals surface area (Å²) < 4.78 is 13.7. The molecular weight excluding hydrogens is 343 g/mol. The molecule has 1 fully saturated rings. The number of hydrogen-bond donors (Lipinski definition) is 1. The first kappa shape index (κ1) is 19.1. The number of benzene rings is 2. The molecule has 3 rings (SSSR count). The third kappa shape index (κ3) is 5.16. The molecular formula is C22H25FN2O2. The highest BCUT2D eigenvalue weighted by Gasteiger charge is 2.28. The first-order valence-electron chi connectivity index (χ1n) is 9.51. The van der Waals surface area contributed by atoms with Gasteiger partial charge in [-0.2, -0.15) is 0 Å². The van der Waals surface area contributed by atoms with Crippen LogP contribution in [0.5, 0.6) is 0 Å². The van der Waals surface area contributed by atoms with Crippen molar-refractivity contribution in [2.75, 3.05) is 13.1 Å². The molecule has 1 aliphatic heterocycles. The first-order chi connectivity index (χ1) is 13.1. The monoisotopic (exact) mass is 368 g/mol. The molecule has 2 amide bonds. The molecule has 27 heavy (non-hydrogen) atoms. The van der Waals surface area contributed by atoms with E-state index in [2.05, 4.69) is 5.32 Å². The van der Waals surface area contributed by atoms with Crippen molar-refractivity contribution in [3.05, 3.63) is 71.5 Å². The van der Waals surface area contributed by atoms with E-state index in [9.17, 15) is 14.0 Å². The molecule has 0 saturated carbocycles. The van der Waals surface area contributed by atoms with Gasteiger partial charge >= 0.3 is 0 Å². The Bertz CT molecular complexity index is 773. The Kier molecular flexibility index (Phi) is 6.58. The van der Waals surface area contributed by atoms with Crippen LogP contribution < -0.4 is 5.32 Å². The van der Waals surface area contributed by atoms with E-state index in [0.29, 0.717) is 12.0 Å². The number of aryl methyl sites for hydroxylation is 1. The Balaban J connectivity index is 1.68. The van der Waals surface area contributed by atoms with Gasteiger partial charge < -0.3 is 10.2 Å². The Morgan fingerprint density at radius 1 is 0.963 bits per heavy atom. The van der Waals surface area contributed by atoms with Crippen LogP contribution in [0.1, 0.15) is 42.9 Å². The van der Waals surface area contributed by atoms with Gasteiger partial charge in [0.25, 0.3) is 0 Å². The van der Waals surface area contributed by atoms with Crippen molar-refractivity contribution in [3.8, 4) is 0 Å². The SMILES string of the molecule is O=C(CCc1ccccc1F)NC(C(=O)N1CCCCC1)c1ccccc1. The fourth-order valence-corrected chi connectivity index (χ4v) is 3.41. The molecule has 5 heteroatoms. The van der Waals surface area contributed by atoms with Gasteiger partial charge in [-0.25, -0.2) is 4.39 Å². The lowest BCUT2D eigenvalue weighted by atomic mass is 10.0. The number of nitrogens with zero attached hydrogens (tertiary/aromatic N) is 1. The molecule has 2 aromatic rings. The maximum absolute atomic E-state index is 13.7. The molecule has 1 N–H and O–H groups in total. The van der Waals surface area contributed by atoms with Gasteiger partial charge in [0.2, 0.25) is 11.8 Å². The highest BCUT2D eigenvalue weighted by Crippen LogP contribution is 2.19. The number of halogens is 1. The molecule has 4 nitrogen and oxygen atoms in total. The van der Waals surface area contributed by atoms with E-state index >= 15 is 0 Å². The fourth-order valence-electron chi connectivity index (χ4n) is 3.41. The molecule has 0 bridgehead atoms. The zero-order chi connectivity index (χ0) is 19.1. The zero-order valence-corrected chi connectivity index (χ0v) is 15.4. The lowest BCUT2D eigenvalue weighted by Gasteiger charge is -2.31. The van der Waals surface area contributed by atoms with E-state index in [-0.39, 0.29) is 24.1 Å². The standard InChI is InChI=1S/C22H25FN2O2/c23-19-12-6-5-9-17(19)13-14-20(26)24-21(18-10-3-1-4-11-18)22(27)25-15-7-2-8-16-25/h1,3-6,9-12,21H,2,7-8,13-16H2,(H,24,26). The van der Waals surface area contributed by atoms with Gasteiger partial charge in [-0.05, 0) is 42.9 Å². The first-order valence-corrected chi connectivity index (χ1v) is 9.51. The summed E-state index contributed by atoms with van der Waals surface area (Å²) in [5.41, 5.74) is 1.28. The summed E-state index contributed by atoms with van der Waals surface area (Å²) in [5, 5.41) is 2.87. The summed E-state index contributed by atoms with van der Waals surface area (Å²) in [6.45, 7) is 1.46. The minimum Gasteiger partial charge on any atom is -0.341 e. The van der Waals surface area contributed by atoms with Gasteiger partial charge in [-0.15, -0.1) is 0 Å². The molecule has 1 heterocycles. The topological polar surface area (TPSA) is 49.4 Å². The zero-order valence-electron chi connectivity index (χ0n) is 15.4. The van der Waals surface area contributed by atoms with E-state index < -0.39 is 6.04 Å². The lowest BCUT2D eigenvalue weighted by molar-refractivity contribution is -0.137. The van der Waals surface area contributed by atoms with Crippen molar-refractivity contribution < 1.29 is 14.0 Å². The van der Waals surface area contributed by atoms with Gasteiger partial charge in [0.15, 0.2) is 0 Å². The number of hydrogen-bond acceptors (Lipinski definition) is 2. The molecule has 2 aromatic carbocycles. The third-order valence-corrected chi connectivity index (χ3v) is 4.93. The van der Waals surface area contributed by atoms with Crippen LogP contribution in [0.15, 0.2) is 54.6 Å². The quantitative estimate of drug-likeness (QED) is 0.846. The van der Waals surface area contributed by atoms with E-state index in [1.807, 2.05) is 35.2 Å². The Morgan fingerprint density at radius 3 is 2.33 bits per heavy atom. The number of likely N-dealkylation sites (tertiary alicyclic amines) is 1. The minimum absolute atomic E-state index is 0.0693. The second-order valence-corrected chi connectivity index (χ2v) is 6.89. The largest absolute Gasteiger partial charge is 0.341 e. The summed E-state index contributed by atoms with van der Waals surface area (Å²) in [5.74, 6) is -0.632. The third-order valence-electron chi connectivity index (χ3n) is 4.93. The molecule has 0 aliphatic carbocycles. The van der Waals surface area contributed by atoms with E-state index in [4.69, 9.17) is 0 Å². The number of rotatable bonds is 6. The van der Waals surface area contributed by atoms with Crippen molar-refractivity contribution >= 4 is 11.8 Å². The van der Waals surface area contributed by atoms with E-state index in [1.165, 1.54) is 6.07 Å². The van der Waals surface area contributed by atoms with Crippen molar-refractivity contribution in [3.63, 3.8) is 0 Å². The Hall–Kier alpha value is -2.69. The number of carbonyl (C=O) groups is 2. The molecule has 0 aromatic heterocycles. The number of nitrogens with one attached hydrogen (secondary N) is 1. The predicted molar refractivity (Wildman–Crippen MR) is 102 cm³/mol. The molecule has 0 spiro atoms. The summed E-state index contributed by atoms with van der Waals surface area (Å²) in [6, 6.07) is 15.0. The van der Waals surface area contributed by atoms with Crippen molar-refractivity contribution in [2.24, 2.45) is 0 Å². The van der Waals surface area contributed by atoms with Crippen LogP contribution in [0, 0.1) is 5.82 Å². The highest BCUT2D eigenvalue weighted by molar-refractivity contribution is 5.88. The van der Waals surface area contributed by atoms with Crippen LogP contribution in [0.2, 0.25) is 0 Å². The Labute approximate surface area is 159 Å². The summed E-state index contributed by atoms with van der Waals surface area (Å²) in [7, 11) is 0. The van der Waals surface area contributed by atoms with Gasteiger partial charge in [0, 0.05) is 19.5 Å². The summed E-state index contributed by atoms with van der Waals surface area (Å²) in [4.78, 5) is 27.3. The normalized spacial score (nSPS) is 15.2. The van der Waals surface area contributed by atoms with Crippen LogP contribution in [0.3, 0.4) is 0 Å².